The maximum Gasteiger partial charge on any atom is 0.325 e. The highest BCUT2D eigenvalue weighted by Crippen LogP contribution is 2.33. The SMILES string of the molecule is COC(=O)[C@]1(N)CC[C@H](I)[C@@H](OC(C)=O)C1. The summed E-state index contributed by atoms with van der Waals surface area (Å²) in [4.78, 5) is 22.5. The number of esters is 2. The van der Waals surface area contributed by atoms with E-state index in [4.69, 9.17) is 10.5 Å². The molecule has 0 saturated heterocycles. The number of halogens is 1. The van der Waals surface area contributed by atoms with Crippen LogP contribution >= 0.6 is 22.6 Å². The van der Waals surface area contributed by atoms with E-state index in [9.17, 15) is 9.59 Å². The Bertz CT molecular complexity index is 297. The van der Waals surface area contributed by atoms with Gasteiger partial charge in [-0.3, -0.25) is 9.59 Å². The first kappa shape index (κ1) is 13.7. The summed E-state index contributed by atoms with van der Waals surface area (Å²) in [6.07, 6.45) is 1.32. The summed E-state index contributed by atoms with van der Waals surface area (Å²) in [6, 6.07) is 0. The first-order valence-corrected chi connectivity index (χ1v) is 6.32. The average molecular weight is 341 g/mol. The molecule has 5 nitrogen and oxygen atoms in total. The van der Waals surface area contributed by atoms with Crippen LogP contribution in [-0.4, -0.2) is 34.6 Å². The zero-order valence-electron chi connectivity index (χ0n) is 9.36. The van der Waals surface area contributed by atoms with Crippen LogP contribution in [0.5, 0.6) is 0 Å². The Morgan fingerprint density at radius 3 is 2.62 bits per heavy atom. The van der Waals surface area contributed by atoms with Crippen LogP contribution in [0.1, 0.15) is 26.2 Å². The van der Waals surface area contributed by atoms with Crippen LogP contribution in [0.4, 0.5) is 0 Å². The fourth-order valence-corrected chi connectivity index (χ4v) is 2.60. The molecule has 1 rings (SSSR count). The number of methoxy groups -OCH3 is 1. The van der Waals surface area contributed by atoms with Gasteiger partial charge >= 0.3 is 11.9 Å². The zero-order chi connectivity index (χ0) is 12.3. The van der Waals surface area contributed by atoms with Gasteiger partial charge in [-0.05, 0) is 12.8 Å². The minimum atomic E-state index is -1.02. The van der Waals surface area contributed by atoms with E-state index in [0.29, 0.717) is 12.8 Å². The molecule has 16 heavy (non-hydrogen) atoms. The molecule has 0 aromatic heterocycles. The van der Waals surface area contributed by atoms with E-state index >= 15 is 0 Å². The molecular weight excluding hydrogens is 325 g/mol. The molecule has 0 unspecified atom stereocenters. The lowest BCUT2D eigenvalue weighted by Gasteiger charge is -2.37. The number of carbonyl (C=O) groups excluding carboxylic acids is 2. The highest BCUT2D eigenvalue weighted by atomic mass is 127. The molecule has 3 atom stereocenters. The average Bonchev–Trinajstić information content (AvgIpc) is 2.22. The van der Waals surface area contributed by atoms with Gasteiger partial charge in [-0.1, -0.05) is 22.6 Å². The van der Waals surface area contributed by atoms with Gasteiger partial charge in [-0.25, -0.2) is 0 Å². The van der Waals surface area contributed by atoms with Gasteiger partial charge in [0, 0.05) is 17.3 Å². The molecule has 0 spiro atoms. The summed E-state index contributed by atoms with van der Waals surface area (Å²) < 4.78 is 10.0. The first-order valence-electron chi connectivity index (χ1n) is 5.07. The molecule has 1 aliphatic rings. The van der Waals surface area contributed by atoms with E-state index < -0.39 is 11.5 Å². The molecule has 1 aliphatic carbocycles. The molecule has 92 valence electrons. The highest BCUT2D eigenvalue weighted by molar-refractivity contribution is 14.1. The van der Waals surface area contributed by atoms with Gasteiger partial charge in [0.15, 0.2) is 0 Å². The Labute approximate surface area is 108 Å². The summed E-state index contributed by atoms with van der Waals surface area (Å²) in [5.74, 6) is -0.784. The third kappa shape index (κ3) is 3.07. The topological polar surface area (TPSA) is 78.6 Å². The summed E-state index contributed by atoms with van der Waals surface area (Å²) in [5.41, 5.74) is 4.95. The van der Waals surface area contributed by atoms with Crippen molar-refractivity contribution in [3.63, 3.8) is 0 Å². The molecule has 0 aromatic carbocycles. The van der Waals surface area contributed by atoms with Crippen molar-refractivity contribution in [1.82, 2.24) is 0 Å². The molecule has 1 fully saturated rings. The molecule has 2 N–H and O–H groups in total. The largest absolute Gasteiger partial charge is 0.468 e. The van der Waals surface area contributed by atoms with Crippen LogP contribution < -0.4 is 5.73 Å². The quantitative estimate of drug-likeness (QED) is 0.456. The van der Waals surface area contributed by atoms with Gasteiger partial charge in [0.05, 0.1) is 7.11 Å². The molecule has 0 amide bonds. The van der Waals surface area contributed by atoms with E-state index in [1.54, 1.807) is 0 Å². The lowest BCUT2D eigenvalue weighted by molar-refractivity contribution is -0.156. The van der Waals surface area contributed by atoms with Crippen molar-refractivity contribution in [2.24, 2.45) is 5.73 Å². The van der Waals surface area contributed by atoms with Crippen molar-refractivity contribution in [3.05, 3.63) is 0 Å². The predicted molar refractivity (Wildman–Crippen MR) is 66.1 cm³/mol. The van der Waals surface area contributed by atoms with Crippen LogP contribution in [-0.2, 0) is 19.1 Å². The Balaban J connectivity index is 2.73. The number of carbonyl (C=O) groups is 2. The molecule has 0 aliphatic heterocycles. The molecular formula is C10H16INO4. The van der Waals surface area contributed by atoms with E-state index in [0.717, 1.165) is 6.42 Å². The Kier molecular flexibility index (Phi) is 4.54. The second-order valence-corrected chi connectivity index (χ2v) is 5.65. The van der Waals surface area contributed by atoms with Gasteiger partial charge in [-0.15, -0.1) is 0 Å². The number of alkyl halides is 1. The predicted octanol–water partition coefficient (Wildman–Crippen LogP) is 0.776. The maximum atomic E-state index is 11.5. The van der Waals surface area contributed by atoms with Crippen molar-refractivity contribution in [3.8, 4) is 0 Å². The van der Waals surface area contributed by atoms with Gasteiger partial charge in [0.2, 0.25) is 0 Å². The standard InChI is InChI=1S/C10H16INO4/c1-6(13)16-8-5-10(12,9(14)15-2)4-3-7(8)11/h7-8H,3-5,12H2,1-2H3/t7-,8-,10-/m0/s1. The highest BCUT2D eigenvalue weighted by Gasteiger charge is 2.44. The molecule has 0 heterocycles. The lowest BCUT2D eigenvalue weighted by Crippen LogP contribution is -2.56. The fourth-order valence-electron chi connectivity index (χ4n) is 1.89. The Morgan fingerprint density at radius 1 is 1.50 bits per heavy atom. The lowest BCUT2D eigenvalue weighted by atomic mass is 9.81. The maximum absolute atomic E-state index is 11.5. The smallest absolute Gasteiger partial charge is 0.325 e. The second kappa shape index (κ2) is 5.31. The summed E-state index contributed by atoms with van der Waals surface area (Å²) in [7, 11) is 1.31. The third-order valence-corrected chi connectivity index (χ3v) is 4.17. The van der Waals surface area contributed by atoms with Crippen LogP contribution in [0.25, 0.3) is 0 Å². The number of hydrogen-bond acceptors (Lipinski definition) is 5. The first-order chi connectivity index (χ1) is 7.39. The van der Waals surface area contributed by atoms with Crippen molar-refractivity contribution in [2.45, 2.75) is 41.8 Å². The molecule has 0 bridgehead atoms. The van der Waals surface area contributed by atoms with E-state index in [2.05, 4.69) is 27.3 Å². The van der Waals surface area contributed by atoms with Gasteiger partial charge in [0.1, 0.15) is 11.6 Å². The number of nitrogens with two attached hydrogens (primary N) is 1. The molecule has 0 radical (unpaired) electrons. The van der Waals surface area contributed by atoms with Gasteiger partial charge in [-0.2, -0.15) is 0 Å². The third-order valence-electron chi connectivity index (χ3n) is 2.74. The summed E-state index contributed by atoms with van der Waals surface area (Å²) in [6.45, 7) is 1.36. The second-order valence-electron chi connectivity index (χ2n) is 4.05. The van der Waals surface area contributed by atoms with Crippen molar-refractivity contribution >= 4 is 34.5 Å². The van der Waals surface area contributed by atoms with Crippen LogP contribution in [0, 0.1) is 0 Å². The molecule has 1 saturated carbocycles. The molecule has 0 aromatic rings. The number of rotatable bonds is 2. The minimum Gasteiger partial charge on any atom is -0.468 e. The van der Waals surface area contributed by atoms with Gasteiger partial charge < -0.3 is 15.2 Å². The van der Waals surface area contributed by atoms with Crippen molar-refractivity contribution in [1.29, 1.82) is 0 Å². The minimum absolute atomic E-state index is 0.197. The monoisotopic (exact) mass is 341 g/mol. The van der Waals surface area contributed by atoms with Crippen molar-refractivity contribution < 1.29 is 19.1 Å². The summed E-state index contributed by atoms with van der Waals surface area (Å²) in [5, 5.41) is 0. The van der Waals surface area contributed by atoms with E-state index in [1.807, 2.05) is 0 Å². The number of hydrogen-bond donors (Lipinski definition) is 1. The van der Waals surface area contributed by atoms with E-state index in [-0.39, 0.29) is 16.0 Å². The normalized spacial score (nSPS) is 34.2. The van der Waals surface area contributed by atoms with Crippen molar-refractivity contribution in [2.75, 3.05) is 7.11 Å². The Hall–Kier alpha value is -0.370. The number of ether oxygens (including phenoxy) is 2. The van der Waals surface area contributed by atoms with Crippen LogP contribution in [0.2, 0.25) is 0 Å². The zero-order valence-corrected chi connectivity index (χ0v) is 11.5. The Morgan fingerprint density at radius 2 is 2.12 bits per heavy atom. The van der Waals surface area contributed by atoms with Crippen LogP contribution in [0.15, 0.2) is 0 Å². The fraction of sp³-hybridized carbons (Fsp3) is 0.800. The molecule has 6 heteroatoms. The van der Waals surface area contributed by atoms with E-state index in [1.165, 1.54) is 14.0 Å². The van der Waals surface area contributed by atoms with Crippen LogP contribution in [0.3, 0.4) is 0 Å². The summed E-state index contributed by atoms with van der Waals surface area (Å²) >= 11 is 2.22. The van der Waals surface area contributed by atoms with Gasteiger partial charge in [0.25, 0.3) is 0 Å².